The molecular weight excluding hydrogens is 652 g/mol. The molecule has 0 radical (unpaired) electrons. The third-order valence-corrected chi connectivity index (χ3v) is 9.81. The average molecular weight is 682 g/mol. The maximum absolute atomic E-state index is 14.1. The van der Waals surface area contributed by atoms with E-state index in [1.54, 1.807) is 12.1 Å². The molecule has 1 aliphatic rings. The van der Waals surface area contributed by atoms with Gasteiger partial charge in [-0.15, -0.1) is 0 Å². The molecule has 0 aliphatic carbocycles. The van der Waals surface area contributed by atoms with Crippen LogP contribution in [0, 0.1) is 5.92 Å². The molecule has 1 fully saturated rings. The molecule has 0 bridgehead atoms. The third kappa shape index (κ3) is 5.36. The average Bonchev–Trinajstić information content (AvgIpc) is 3.70. The Morgan fingerprint density at radius 3 is 1.84 bits per heavy atom. The summed E-state index contributed by atoms with van der Waals surface area (Å²) < 4.78 is 11.6. The monoisotopic (exact) mass is 680 g/mol. The molecule has 1 aromatic heterocycles. The van der Waals surface area contributed by atoms with Gasteiger partial charge in [-0.2, -0.15) is 0 Å². The van der Waals surface area contributed by atoms with Gasteiger partial charge in [0.15, 0.2) is 5.13 Å². The van der Waals surface area contributed by atoms with Crippen molar-refractivity contribution in [1.82, 2.24) is 4.98 Å². The lowest BCUT2D eigenvalue weighted by atomic mass is 9.73. The zero-order chi connectivity index (χ0) is 31.6. The van der Waals surface area contributed by atoms with Crippen LogP contribution in [0.15, 0.2) is 120 Å². The Morgan fingerprint density at radius 1 is 0.778 bits per heavy atom. The molecule has 0 amide bonds. The van der Waals surface area contributed by atoms with Crippen molar-refractivity contribution in [2.24, 2.45) is 5.92 Å². The number of thiazole rings is 1. The number of ketones is 1. The number of carbonyl (C=O) groups excluding carboxylic acids is 3. The van der Waals surface area contributed by atoms with Gasteiger partial charge in [0.25, 0.3) is 0 Å². The number of aromatic nitrogens is 1. The highest BCUT2D eigenvalue weighted by Gasteiger charge is 2.62. The molecule has 226 valence electrons. The second-order valence-corrected chi connectivity index (χ2v) is 12.5. The normalized spacial score (nSPS) is 17.1. The van der Waals surface area contributed by atoms with Gasteiger partial charge in [0.1, 0.15) is 16.5 Å². The maximum atomic E-state index is 14.1. The van der Waals surface area contributed by atoms with Crippen LogP contribution in [0.2, 0.25) is 0 Å². The molecule has 1 aliphatic heterocycles. The zero-order valence-corrected chi connectivity index (χ0v) is 27.0. The van der Waals surface area contributed by atoms with E-state index in [2.05, 4.69) is 15.9 Å². The number of nitrogens with zero attached hydrogens (tertiary/aromatic N) is 2. The van der Waals surface area contributed by atoms with Crippen molar-refractivity contribution in [3.63, 3.8) is 0 Å². The van der Waals surface area contributed by atoms with Gasteiger partial charge in [-0.25, -0.2) is 9.78 Å². The Morgan fingerprint density at radius 2 is 1.31 bits per heavy atom. The fraction of sp³-hybridized carbons (Fsp3) is 0.167. The van der Waals surface area contributed by atoms with E-state index in [4.69, 9.17) is 14.5 Å². The Hall–Kier alpha value is -4.60. The number of rotatable bonds is 8. The highest BCUT2D eigenvalue weighted by Crippen LogP contribution is 2.55. The summed E-state index contributed by atoms with van der Waals surface area (Å²) in [6.07, 6.45) is 0.110. The lowest BCUT2D eigenvalue weighted by Crippen LogP contribution is -2.52. The molecule has 2 heterocycles. The molecule has 45 heavy (non-hydrogen) atoms. The summed E-state index contributed by atoms with van der Waals surface area (Å²) in [7, 11) is 2.68. The highest BCUT2D eigenvalue weighted by atomic mass is 79.9. The molecule has 0 spiro atoms. The Labute approximate surface area is 273 Å². The van der Waals surface area contributed by atoms with Crippen molar-refractivity contribution in [3.05, 3.63) is 141 Å². The van der Waals surface area contributed by atoms with Gasteiger partial charge in [0.05, 0.1) is 25.8 Å². The Kier molecular flexibility index (Phi) is 8.65. The zero-order valence-electron chi connectivity index (χ0n) is 24.6. The number of esters is 2. The summed E-state index contributed by atoms with van der Waals surface area (Å²) >= 11 is 4.65. The van der Waals surface area contributed by atoms with Crippen molar-refractivity contribution < 1.29 is 23.9 Å². The molecule has 0 saturated carbocycles. The van der Waals surface area contributed by atoms with Gasteiger partial charge >= 0.3 is 11.9 Å². The largest absolute Gasteiger partial charge is 0.469 e. The second kappa shape index (κ2) is 12.8. The fourth-order valence-corrected chi connectivity index (χ4v) is 7.69. The van der Waals surface area contributed by atoms with Crippen molar-refractivity contribution in [1.29, 1.82) is 0 Å². The summed E-state index contributed by atoms with van der Waals surface area (Å²) in [5.74, 6) is -2.00. The number of halogens is 1. The molecule has 2 atom stereocenters. The molecular formula is C36H29BrN2O5S. The van der Waals surface area contributed by atoms with Gasteiger partial charge in [-0.05, 0) is 41.8 Å². The Balaban J connectivity index is 1.67. The van der Waals surface area contributed by atoms with Crippen LogP contribution < -0.4 is 4.90 Å². The quantitative estimate of drug-likeness (QED) is 0.126. The summed E-state index contributed by atoms with van der Waals surface area (Å²) in [6.45, 7) is 0. The van der Waals surface area contributed by atoms with E-state index in [0.717, 1.165) is 21.2 Å². The molecule has 7 nitrogen and oxygen atoms in total. The van der Waals surface area contributed by atoms with Crippen molar-refractivity contribution >= 4 is 50.1 Å². The summed E-state index contributed by atoms with van der Waals surface area (Å²) in [5, 5.41) is 0.406. The second-order valence-electron chi connectivity index (χ2n) is 10.6. The van der Waals surface area contributed by atoms with Crippen LogP contribution in [-0.4, -0.2) is 43.0 Å². The van der Waals surface area contributed by atoms with E-state index in [-0.39, 0.29) is 12.2 Å². The maximum Gasteiger partial charge on any atom is 0.328 e. The first-order chi connectivity index (χ1) is 21.9. The van der Waals surface area contributed by atoms with Gasteiger partial charge in [0.2, 0.25) is 5.78 Å². The molecule has 6 rings (SSSR count). The number of carbonyl (C=O) groups is 3. The van der Waals surface area contributed by atoms with E-state index in [0.29, 0.717) is 21.3 Å². The van der Waals surface area contributed by atoms with Crippen LogP contribution in [0.25, 0.3) is 11.3 Å². The predicted molar refractivity (Wildman–Crippen MR) is 177 cm³/mol. The first-order valence-corrected chi connectivity index (χ1v) is 15.9. The van der Waals surface area contributed by atoms with Crippen molar-refractivity contribution in [2.75, 3.05) is 19.1 Å². The van der Waals surface area contributed by atoms with E-state index >= 15 is 0 Å². The van der Waals surface area contributed by atoms with E-state index < -0.39 is 29.4 Å². The molecule has 1 saturated heterocycles. The third-order valence-electron chi connectivity index (χ3n) is 8.22. The van der Waals surface area contributed by atoms with Crippen LogP contribution in [-0.2, 0) is 24.6 Å². The topological polar surface area (TPSA) is 85.8 Å². The minimum Gasteiger partial charge on any atom is -0.469 e. The van der Waals surface area contributed by atoms with Crippen molar-refractivity contribution in [2.45, 2.75) is 18.0 Å². The molecule has 9 heteroatoms. The van der Waals surface area contributed by atoms with Gasteiger partial charge in [-0.1, -0.05) is 118 Å². The minimum absolute atomic E-state index is 0.110. The van der Waals surface area contributed by atoms with Crippen LogP contribution in [0.5, 0.6) is 0 Å². The molecule has 0 unspecified atom stereocenters. The van der Waals surface area contributed by atoms with E-state index in [1.165, 1.54) is 25.6 Å². The molecule has 0 N–H and O–H groups in total. The lowest BCUT2D eigenvalue weighted by Gasteiger charge is -2.43. The van der Waals surface area contributed by atoms with Crippen molar-refractivity contribution in [3.8, 4) is 11.3 Å². The number of hydrogen-bond donors (Lipinski definition) is 0. The first kappa shape index (κ1) is 30.4. The summed E-state index contributed by atoms with van der Waals surface area (Å²) in [4.78, 5) is 48.9. The Bertz CT molecular complexity index is 1790. The minimum atomic E-state index is -1.22. The fourth-order valence-electron chi connectivity index (χ4n) is 6.27. The lowest BCUT2D eigenvalue weighted by molar-refractivity contribution is -0.147. The van der Waals surface area contributed by atoms with E-state index in [1.807, 2.05) is 108 Å². The standard InChI is InChI=1S/C36H29BrN2O5S/c1-43-33(41)28-22-29(34(42)44-2)39(36(28,25-14-8-4-9-15-25)26-16-10-5-11-17-26)35-38-30(23-12-6-3-7-13-23)32(45-35)31(40)24-18-20-27(37)21-19-24/h3-21,28-29H,22H2,1-2H3/t28-,29+/m0/s1. The predicted octanol–water partition coefficient (Wildman–Crippen LogP) is 7.29. The SMILES string of the molecule is COC(=O)[C@H]1C[C@@H](C(=O)OC)C(c2ccccc2)(c2ccccc2)N1c1nc(-c2ccccc2)c(C(=O)c2ccc(Br)cc2)s1. The number of hydrogen-bond acceptors (Lipinski definition) is 8. The van der Waals surface area contributed by atoms with Gasteiger partial charge in [0, 0.05) is 15.6 Å². The van der Waals surface area contributed by atoms with Crippen LogP contribution in [0.1, 0.15) is 32.8 Å². The molecule has 5 aromatic rings. The number of anilines is 1. The van der Waals surface area contributed by atoms with Gasteiger partial charge in [-0.3, -0.25) is 9.59 Å². The first-order valence-electron chi connectivity index (χ1n) is 14.3. The highest BCUT2D eigenvalue weighted by molar-refractivity contribution is 9.10. The molecule has 4 aromatic carbocycles. The summed E-state index contributed by atoms with van der Waals surface area (Å²) in [6, 6.07) is 34.9. The number of ether oxygens (including phenoxy) is 2. The van der Waals surface area contributed by atoms with E-state index in [9.17, 15) is 14.4 Å². The van der Waals surface area contributed by atoms with Crippen LogP contribution in [0.4, 0.5) is 5.13 Å². The number of methoxy groups -OCH3 is 2. The smallest absolute Gasteiger partial charge is 0.328 e. The van der Waals surface area contributed by atoms with Gasteiger partial charge < -0.3 is 14.4 Å². The number of benzene rings is 4. The van der Waals surface area contributed by atoms with Crippen LogP contribution in [0.3, 0.4) is 0 Å². The summed E-state index contributed by atoms with van der Waals surface area (Å²) in [5.41, 5.74) is 2.07. The van der Waals surface area contributed by atoms with Crippen LogP contribution >= 0.6 is 27.3 Å².